The Morgan fingerprint density at radius 1 is 1.32 bits per heavy atom. The van der Waals surface area contributed by atoms with E-state index in [4.69, 9.17) is 4.42 Å². The Morgan fingerprint density at radius 3 is 2.53 bits per heavy atom. The molecule has 7 heteroatoms. The zero-order chi connectivity index (χ0) is 14.5. The molecule has 110 valence electrons. The van der Waals surface area contributed by atoms with Gasteiger partial charge in [0, 0.05) is 6.04 Å². The van der Waals surface area contributed by atoms with Crippen LogP contribution in [-0.4, -0.2) is 31.7 Å². The Balaban J connectivity index is 2.34. The summed E-state index contributed by atoms with van der Waals surface area (Å²) in [6, 6.07) is 0.369. The molecule has 1 heterocycles. The van der Waals surface area contributed by atoms with Crippen molar-refractivity contribution in [1.29, 1.82) is 0 Å². The summed E-state index contributed by atoms with van der Waals surface area (Å²) in [5.41, 5.74) is 0.787. The second-order valence-corrected chi connectivity index (χ2v) is 6.78. The van der Waals surface area contributed by atoms with Crippen molar-refractivity contribution in [2.24, 2.45) is 0 Å². The van der Waals surface area contributed by atoms with E-state index in [1.165, 1.54) is 0 Å². The van der Waals surface area contributed by atoms with Crippen LogP contribution in [0.3, 0.4) is 0 Å². The molecule has 0 atom stereocenters. The fourth-order valence-electron chi connectivity index (χ4n) is 1.51. The minimum absolute atomic E-state index is 0.103. The number of oxazole rings is 1. The Morgan fingerprint density at radius 2 is 2.00 bits per heavy atom. The zero-order valence-corrected chi connectivity index (χ0v) is 12.8. The molecule has 1 aromatic heterocycles. The number of aromatic nitrogens is 1. The molecule has 0 fully saturated rings. The van der Waals surface area contributed by atoms with E-state index in [0.29, 0.717) is 24.9 Å². The minimum atomic E-state index is -3.27. The van der Waals surface area contributed by atoms with Gasteiger partial charge in [0.05, 0.1) is 18.0 Å². The van der Waals surface area contributed by atoms with Gasteiger partial charge in [-0.15, -0.1) is 0 Å². The van der Waals surface area contributed by atoms with E-state index in [1.807, 2.05) is 20.8 Å². The molecule has 2 N–H and O–H groups in total. The monoisotopic (exact) mass is 289 g/mol. The molecule has 1 rings (SSSR count). The normalized spacial score (nSPS) is 12.3. The van der Waals surface area contributed by atoms with Crippen LogP contribution < -0.4 is 10.0 Å². The number of hydrogen-bond acceptors (Lipinski definition) is 5. The Bertz CT molecular complexity index is 475. The molecule has 0 spiro atoms. The Hall–Kier alpha value is -0.920. The van der Waals surface area contributed by atoms with Crippen molar-refractivity contribution in [3.05, 3.63) is 17.3 Å². The number of hydrogen-bond donors (Lipinski definition) is 2. The van der Waals surface area contributed by atoms with E-state index >= 15 is 0 Å². The number of aryl methyl sites for hydroxylation is 2. The quantitative estimate of drug-likeness (QED) is 0.700. The first-order chi connectivity index (χ1) is 8.80. The van der Waals surface area contributed by atoms with Gasteiger partial charge in [-0.05, 0) is 26.8 Å². The van der Waals surface area contributed by atoms with E-state index < -0.39 is 10.0 Å². The third-order valence-electron chi connectivity index (χ3n) is 2.66. The molecule has 0 unspecified atom stereocenters. The van der Waals surface area contributed by atoms with Gasteiger partial charge in [0.25, 0.3) is 0 Å². The van der Waals surface area contributed by atoms with Crippen molar-refractivity contribution >= 4 is 10.0 Å². The summed E-state index contributed by atoms with van der Waals surface area (Å²) in [6.45, 7) is 8.48. The zero-order valence-electron chi connectivity index (χ0n) is 12.0. The summed E-state index contributed by atoms with van der Waals surface area (Å²) in [5, 5.41) is 3.18. The predicted molar refractivity (Wildman–Crippen MR) is 74.4 cm³/mol. The lowest BCUT2D eigenvalue weighted by Crippen LogP contribution is -2.30. The van der Waals surface area contributed by atoms with E-state index in [2.05, 4.69) is 15.0 Å². The van der Waals surface area contributed by atoms with Crippen molar-refractivity contribution < 1.29 is 12.8 Å². The Kier molecular flexibility index (Phi) is 5.96. The lowest BCUT2D eigenvalue weighted by atomic mass is 10.4. The van der Waals surface area contributed by atoms with Crippen LogP contribution in [0.2, 0.25) is 0 Å². The average molecular weight is 289 g/mol. The second-order valence-electron chi connectivity index (χ2n) is 4.85. The highest BCUT2D eigenvalue weighted by atomic mass is 32.2. The van der Waals surface area contributed by atoms with E-state index in [-0.39, 0.29) is 12.3 Å². The molecule has 0 bridgehead atoms. The van der Waals surface area contributed by atoms with Crippen LogP contribution in [-0.2, 0) is 16.6 Å². The fourth-order valence-corrected chi connectivity index (χ4v) is 2.52. The maximum atomic E-state index is 11.7. The average Bonchev–Trinajstić information content (AvgIpc) is 2.62. The van der Waals surface area contributed by atoms with Crippen LogP contribution in [0, 0.1) is 13.8 Å². The van der Waals surface area contributed by atoms with Crippen molar-refractivity contribution in [2.45, 2.75) is 46.7 Å². The second kappa shape index (κ2) is 7.02. The standard InChI is InChI=1S/C12H23N3O3S/c1-9(2)13-6-5-7-19(16,17)14-8-12-15-10(3)11(4)18-12/h9,13-14H,5-8H2,1-4H3. The minimum Gasteiger partial charge on any atom is -0.444 e. The lowest BCUT2D eigenvalue weighted by Gasteiger charge is -2.08. The molecule has 19 heavy (non-hydrogen) atoms. The summed E-state index contributed by atoms with van der Waals surface area (Å²) < 4.78 is 31.3. The van der Waals surface area contributed by atoms with Crippen molar-refractivity contribution in [3.63, 3.8) is 0 Å². The SMILES string of the molecule is Cc1nc(CNS(=O)(=O)CCCNC(C)C)oc1C. The van der Waals surface area contributed by atoms with E-state index in [9.17, 15) is 8.42 Å². The first kappa shape index (κ1) is 16.1. The van der Waals surface area contributed by atoms with Crippen molar-refractivity contribution in [2.75, 3.05) is 12.3 Å². The van der Waals surface area contributed by atoms with Crippen LogP contribution >= 0.6 is 0 Å². The van der Waals surface area contributed by atoms with Gasteiger partial charge in [-0.25, -0.2) is 18.1 Å². The van der Waals surface area contributed by atoms with Crippen LogP contribution in [0.1, 0.15) is 37.6 Å². The van der Waals surface area contributed by atoms with Crippen LogP contribution in [0.15, 0.2) is 4.42 Å². The van der Waals surface area contributed by atoms with Crippen LogP contribution in [0.5, 0.6) is 0 Å². The molecule has 0 saturated heterocycles. The largest absolute Gasteiger partial charge is 0.444 e. The third kappa shape index (κ3) is 6.17. The summed E-state index contributed by atoms with van der Waals surface area (Å²) >= 11 is 0. The molecule has 0 aliphatic rings. The third-order valence-corrected chi connectivity index (χ3v) is 4.07. The maximum Gasteiger partial charge on any atom is 0.212 e. The lowest BCUT2D eigenvalue weighted by molar-refractivity contribution is 0.462. The van der Waals surface area contributed by atoms with Gasteiger partial charge < -0.3 is 9.73 Å². The van der Waals surface area contributed by atoms with Gasteiger partial charge in [-0.3, -0.25) is 0 Å². The number of nitrogens with zero attached hydrogens (tertiary/aromatic N) is 1. The van der Waals surface area contributed by atoms with Gasteiger partial charge in [-0.1, -0.05) is 13.8 Å². The first-order valence-corrected chi connectivity index (χ1v) is 8.09. The molecule has 6 nitrogen and oxygen atoms in total. The molecular formula is C12H23N3O3S. The molecule has 0 aliphatic carbocycles. The molecule has 0 aromatic carbocycles. The van der Waals surface area contributed by atoms with Gasteiger partial charge in [-0.2, -0.15) is 0 Å². The van der Waals surface area contributed by atoms with Crippen molar-refractivity contribution in [3.8, 4) is 0 Å². The fraction of sp³-hybridized carbons (Fsp3) is 0.750. The molecule has 0 aliphatic heterocycles. The molecule has 1 aromatic rings. The Labute approximate surface area is 115 Å². The van der Waals surface area contributed by atoms with Gasteiger partial charge in [0.1, 0.15) is 5.76 Å². The van der Waals surface area contributed by atoms with Gasteiger partial charge >= 0.3 is 0 Å². The molecule has 0 saturated carbocycles. The van der Waals surface area contributed by atoms with E-state index in [1.54, 1.807) is 6.92 Å². The first-order valence-electron chi connectivity index (χ1n) is 6.44. The number of nitrogens with one attached hydrogen (secondary N) is 2. The van der Waals surface area contributed by atoms with Gasteiger partial charge in [0.2, 0.25) is 15.9 Å². The molecule has 0 radical (unpaired) electrons. The summed E-state index contributed by atoms with van der Waals surface area (Å²) in [6.07, 6.45) is 0.581. The van der Waals surface area contributed by atoms with E-state index in [0.717, 1.165) is 11.5 Å². The highest BCUT2D eigenvalue weighted by Crippen LogP contribution is 2.08. The van der Waals surface area contributed by atoms with Gasteiger partial charge in [0.15, 0.2) is 0 Å². The smallest absolute Gasteiger partial charge is 0.212 e. The van der Waals surface area contributed by atoms with Crippen LogP contribution in [0.4, 0.5) is 0 Å². The number of rotatable bonds is 8. The molecule has 0 amide bonds. The summed E-state index contributed by atoms with van der Waals surface area (Å²) in [4.78, 5) is 4.13. The van der Waals surface area contributed by atoms with Crippen molar-refractivity contribution in [1.82, 2.24) is 15.0 Å². The highest BCUT2D eigenvalue weighted by Gasteiger charge is 2.12. The number of sulfonamides is 1. The predicted octanol–water partition coefficient (Wildman–Crippen LogP) is 1.10. The van der Waals surface area contributed by atoms with Crippen LogP contribution in [0.25, 0.3) is 0 Å². The summed E-state index contributed by atoms with van der Waals surface area (Å²) in [5.74, 6) is 1.22. The topological polar surface area (TPSA) is 84.2 Å². The highest BCUT2D eigenvalue weighted by molar-refractivity contribution is 7.89. The maximum absolute atomic E-state index is 11.7. The molecular weight excluding hydrogens is 266 g/mol. The summed E-state index contributed by atoms with van der Waals surface area (Å²) in [7, 11) is -3.27.